The number of benzene rings is 1. The maximum Gasteiger partial charge on any atom is 0.227 e. The van der Waals surface area contributed by atoms with E-state index in [4.69, 9.17) is 0 Å². The zero-order valence-electron chi connectivity index (χ0n) is 13.4. The standard InChI is InChI=1S/C20H16N2O3/c23-18-4-3-17(13-19(18)24)20(25)14-22-11-7-16(8-12-22)2-1-15-5-9-21-10-6-15/h1-13,21H,14H2/p+1. The molecule has 0 spiro atoms. The molecule has 0 aliphatic carbocycles. The van der Waals surface area contributed by atoms with Crippen LogP contribution in [0.2, 0.25) is 0 Å². The molecule has 0 atom stereocenters. The normalized spacial score (nSPS) is 10.9. The highest BCUT2D eigenvalue weighted by Crippen LogP contribution is 2.24. The number of pyridine rings is 2. The number of ketones is 1. The number of phenolic OH excluding ortho intramolecular Hbond substituents is 2. The van der Waals surface area contributed by atoms with E-state index in [-0.39, 0.29) is 23.8 Å². The molecule has 0 fully saturated rings. The van der Waals surface area contributed by atoms with Crippen molar-refractivity contribution in [3.8, 4) is 11.5 Å². The fourth-order valence-electron chi connectivity index (χ4n) is 2.31. The van der Waals surface area contributed by atoms with E-state index in [0.29, 0.717) is 5.56 Å². The van der Waals surface area contributed by atoms with Gasteiger partial charge in [-0.15, -0.1) is 0 Å². The van der Waals surface area contributed by atoms with Crippen LogP contribution in [0.5, 0.6) is 11.5 Å². The van der Waals surface area contributed by atoms with Crippen molar-refractivity contribution >= 4 is 17.9 Å². The minimum absolute atomic E-state index is 0.151. The van der Waals surface area contributed by atoms with E-state index in [0.717, 1.165) is 11.1 Å². The van der Waals surface area contributed by atoms with Crippen LogP contribution >= 0.6 is 0 Å². The first-order valence-corrected chi connectivity index (χ1v) is 7.74. The van der Waals surface area contributed by atoms with Gasteiger partial charge in [-0.25, -0.2) is 0 Å². The van der Waals surface area contributed by atoms with Crippen molar-refractivity contribution in [2.45, 2.75) is 6.54 Å². The second-order valence-corrected chi connectivity index (χ2v) is 5.54. The van der Waals surface area contributed by atoms with E-state index in [1.165, 1.54) is 18.2 Å². The van der Waals surface area contributed by atoms with E-state index < -0.39 is 0 Å². The molecular weight excluding hydrogens is 316 g/mol. The molecule has 0 saturated carbocycles. The number of rotatable bonds is 5. The summed E-state index contributed by atoms with van der Waals surface area (Å²) in [6.45, 7) is 0.151. The van der Waals surface area contributed by atoms with E-state index in [9.17, 15) is 15.0 Å². The summed E-state index contributed by atoms with van der Waals surface area (Å²) < 4.78 is 1.76. The first-order chi connectivity index (χ1) is 12.1. The Balaban J connectivity index is 1.67. The van der Waals surface area contributed by atoms with Crippen LogP contribution in [0, 0.1) is 0 Å². The summed E-state index contributed by atoms with van der Waals surface area (Å²) in [4.78, 5) is 16.2. The molecule has 124 valence electrons. The minimum Gasteiger partial charge on any atom is -0.504 e. The van der Waals surface area contributed by atoms with Gasteiger partial charge >= 0.3 is 0 Å². The lowest BCUT2D eigenvalue weighted by Gasteiger charge is -2.01. The zero-order valence-corrected chi connectivity index (χ0v) is 13.4. The van der Waals surface area contributed by atoms with Gasteiger partial charge in [0.2, 0.25) is 12.3 Å². The lowest BCUT2D eigenvalue weighted by atomic mass is 10.1. The summed E-state index contributed by atoms with van der Waals surface area (Å²) in [7, 11) is 0. The molecular formula is C20H17N2O3+. The number of nitrogens with zero attached hydrogens (tertiary/aromatic N) is 2. The predicted molar refractivity (Wildman–Crippen MR) is 93.9 cm³/mol. The average Bonchev–Trinajstić information content (AvgIpc) is 2.64. The maximum absolute atomic E-state index is 12.2. The highest BCUT2D eigenvalue weighted by molar-refractivity contribution is 5.95. The van der Waals surface area contributed by atoms with Gasteiger partial charge in [-0.1, -0.05) is 12.2 Å². The molecule has 2 heterocycles. The topological polar surface area (TPSA) is 74.3 Å². The molecule has 0 unspecified atom stereocenters. The van der Waals surface area contributed by atoms with Gasteiger partial charge in [-0.2, -0.15) is 4.57 Å². The summed E-state index contributed by atoms with van der Waals surface area (Å²) in [5, 5.41) is 18.8. The number of hydrogen-bond donors (Lipinski definition) is 2. The summed E-state index contributed by atoms with van der Waals surface area (Å²) >= 11 is 0. The van der Waals surface area contributed by atoms with Gasteiger partial charge in [0.05, 0.1) is 0 Å². The van der Waals surface area contributed by atoms with Crippen molar-refractivity contribution < 1.29 is 19.6 Å². The lowest BCUT2D eigenvalue weighted by Crippen LogP contribution is -2.37. The van der Waals surface area contributed by atoms with Crippen molar-refractivity contribution in [3.63, 3.8) is 0 Å². The van der Waals surface area contributed by atoms with Gasteiger partial charge in [0.15, 0.2) is 23.9 Å². The molecule has 0 bridgehead atoms. The summed E-state index contributed by atoms with van der Waals surface area (Å²) in [5.74, 6) is -0.692. The third kappa shape index (κ3) is 4.29. The molecule has 0 saturated heterocycles. The quantitative estimate of drug-likeness (QED) is 0.428. The molecule has 2 aromatic heterocycles. The van der Waals surface area contributed by atoms with Crippen LogP contribution in [0.15, 0.2) is 67.3 Å². The molecule has 0 radical (unpaired) electrons. The SMILES string of the molecule is O=C(C[n+]1ccc(/C=C/c2ccncc2)cc1)c1ccc(O)c(O)c1. The highest BCUT2D eigenvalue weighted by Gasteiger charge is 2.13. The van der Waals surface area contributed by atoms with Crippen LogP contribution in [-0.2, 0) is 6.54 Å². The molecule has 5 nitrogen and oxygen atoms in total. The molecule has 0 amide bonds. The van der Waals surface area contributed by atoms with Crippen LogP contribution in [0.3, 0.4) is 0 Å². The average molecular weight is 333 g/mol. The van der Waals surface area contributed by atoms with Crippen LogP contribution in [0.25, 0.3) is 12.2 Å². The van der Waals surface area contributed by atoms with Crippen LogP contribution < -0.4 is 4.57 Å². The van der Waals surface area contributed by atoms with E-state index in [2.05, 4.69) is 4.98 Å². The first kappa shape index (κ1) is 16.4. The number of carbonyl (C=O) groups is 1. The lowest BCUT2D eigenvalue weighted by molar-refractivity contribution is -0.683. The van der Waals surface area contributed by atoms with E-state index in [1.54, 1.807) is 17.0 Å². The van der Waals surface area contributed by atoms with Gasteiger partial charge < -0.3 is 10.2 Å². The number of phenols is 2. The van der Waals surface area contributed by atoms with E-state index in [1.807, 2.05) is 48.8 Å². The Hall–Kier alpha value is -3.47. The Kier molecular flexibility index (Phi) is 4.85. The second-order valence-electron chi connectivity index (χ2n) is 5.54. The molecule has 2 N–H and O–H groups in total. The number of Topliss-reactive ketones (excluding diaryl/α,β-unsaturated/α-hetero) is 1. The molecule has 0 aliphatic rings. The summed E-state index contributed by atoms with van der Waals surface area (Å²) in [6.07, 6.45) is 11.1. The smallest absolute Gasteiger partial charge is 0.227 e. The Morgan fingerprint density at radius 1 is 0.920 bits per heavy atom. The van der Waals surface area contributed by atoms with E-state index >= 15 is 0 Å². The fourth-order valence-corrected chi connectivity index (χ4v) is 2.31. The molecule has 25 heavy (non-hydrogen) atoms. The Morgan fingerprint density at radius 2 is 1.56 bits per heavy atom. The van der Waals surface area contributed by atoms with Gasteiger partial charge in [-0.05, 0) is 41.5 Å². The zero-order chi connectivity index (χ0) is 17.6. The van der Waals surface area contributed by atoms with Gasteiger partial charge in [-0.3, -0.25) is 9.78 Å². The van der Waals surface area contributed by atoms with Crippen molar-refractivity contribution in [1.82, 2.24) is 4.98 Å². The summed E-state index contributed by atoms with van der Waals surface area (Å²) in [6, 6.07) is 11.7. The van der Waals surface area contributed by atoms with Crippen molar-refractivity contribution in [3.05, 3.63) is 83.9 Å². The number of hydrogen-bond acceptors (Lipinski definition) is 4. The molecule has 0 aliphatic heterocycles. The summed E-state index contributed by atoms with van der Waals surface area (Å²) in [5.41, 5.74) is 2.43. The largest absolute Gasteiger partial charge is 0.504 e. The van der Waals surface area contributed by atoms with Crippen LogP contribution in [0.1, 0.15) is 21.5 Å². The second kappa shape index (κ2) is 7.40. The Morgan fingerprint density at radius 3 is 2.20 bits per heavy atom. The Bertz CT molecular complexity index is 904. The molecule has 3 aromatic rings. The van der Waals surface area contributed by atoms with Gasteiger partial charge in [0.1, 0.15) is 0 Å². The Labute approximate surface area is 145 Å². The number of aromatic hydroxyl groups is 2. The monoisotopic (exact) mass is 333 g/mol. The third-order valence-electron chi connectivity index (χ3n) is 3.71. The third-order valence-corrected chi connectivity index (χ3v) is 3.71. The molecule has 5 heteroatoms. The number of aromatic nitrogens is 2. The maximum atomic E-state index is 12.2. The predicted octanol–water partition coefficient (Wildman–Crippen LogP) is 2.83. The van der Waals surface area contributed by atoms with Gasteiger partial charge in [0, 0.05) is 30.1 Å². The van der Waals surface area contributed by atoms with Crippen molar-refractivity contribution in [2.75, 3.05) is 0 Å². The highest BCUT2D eigenvalue weighted by atomic mass is 16.3. The van der Waals surface area contributed by atoms with Crippen molar-refractivity contribution in [1.29, 1.82) is 0 Å². The fraction of sp³-hybridized carbons (Fsp3) is 0.0500. The first-order valence-electron chi connectivity index (χ1n) is 7.74. The van der Waals surface area contributed by atoms with Crippen LogP contribution in [0.4, 0.5) is 0 Å². The molecule has 1 aromatic carbocycles. The van der Waals surface area contributed by atoms with Gasteiger partial charge in [0.25, 0.3) is 0 Å². The van der Waals surface area contributed by atoms with Crippen LogP contribution in [-0.4, -0.2) is 21.0 Å². The van der Waals surface area contributed by atoms with Crippen molar-refractivity contribution in [2.24, 2.45) is 0 Å². The minimum atomic E-state index is -0.299. The number of carbonyl (C=O) groups excluding carboxylic acids is 1. The molecule has 3 rings (SSSR count).